The fourth-order valence-corrected chi connectivity index (χ4v) is 2.63. The van der Waals surface area contributed by atoms with Crippen molar-refractivity contribution in [1.82, 2.24) is 14.0 Å². The summed E-state index contributed by atoms with van der Waals surface area (Å²) < 4.78 is 3.10. The Kier molecular flexibility index (Phi) is 3.01. The summed E-state index contributed by atoms with van der Waals surface area (Å²) in [5, 5.41) is 9.66. The van der Waals surface area contributed by atoms with Crippen molar-refractivity contribution in [3.8, 4) is 0 Å². The van der Waals surface area contributed by atoms with Crippen LogP contribution in [0.2, 0.25) is 0 Å². The summed E-state index contributed by atoms with van der Waals surface area (Å²) in [5.74, 6) is -1.05. The molecule has 0 saturated heterocycles. The molecule has 0 bridgehead atoms. The predicted molar refractivity (Wildman–Crippen MR) is 78.9 cm³/mol. The van der Waals surface area contributed by atoms with Crippen molar-refractivity contribution in [2.75, 3.05) is 0 Å². The molecule has 108 valence electrons. The van der Waals surface area contributed by atoms with Crippen LogP contribution in [-0.4, -0.2) is 25.0 Å². The fourth-order valence-electron chi connectivity index (χ4n) is 2.63. The van der Waals surface area contributed by atoms with E-state index >= 15 is 0 Å². The van der Waals surface area contributed by atoms with Gasteiger partial charge in [-0.3, -0.25) is 9.20 Å². The number of nitrogens with zero attached hydrogens (tertiary/aromatic N) is 3. The number of fused-ring (bicyclic) bond motifs is 2. The van der Waals surface area contributed by atoms with E-state index in [4.69, 9.17) is 0 Å². The third kappa shape index (κ3) is 1.91. The smallest absolute Gasteiger partial charge is 0.352 e. The Morgan fingerprint density at radius 1 is 1.38 bits per heavy atom. The zero-order valence-electron chi connectivity index (χ0n) is 11.8. The quantitative estimate of drug-likeness (QED) is 0.799. The number of rotatable bonds is 3. The number of aryl methyl sites for hydroxylation is 2. The molecule has 0 atom stereocenters. The molecule has 0 amide bonds. The first kappa shape index (κ1) is 13.4. The highest BCUT2D eigenvalue weighted by Gasteiger charge is 2.18. The normalized spacial score (nSPS) is 11.3. The predicted octanol–water partition coefficient (Wildman–Crippen LogP) is 2.07. The van der Waals surface area contributed by atoms with Gasteiger partial charge in [0, 0.05) is 12.2 Å². The minimum absolute atomic E-state index is 0.102. The Morgan fingerprint density at radius 3 is 2.81 bits per heavy atom. The van der Waals surface area contributed by atoms with E-state index in [1.165, 1.54) is 10.5 Å². The number of pyridine rings is 1. The van der Waals surface area contributed by atoms with E-state index in [0.29, 0.717) is 23.2 Å². The zero-order valence-corrected chi connectivity index (χ0v) is 11.8. The van der Waals surface area contributed by atoms with Crippen molar-refractivity contribution in [2.24, 2.45) is 0 Å². The van der Waals surface area contributed by atoms with Gasteiger partial charge in [-0.2, -0.15) is 0 Å². The first-order chi connectivity index (χ1) is 10.0. The number of aromatic carboxylic acids is 1. The summed E-state index contributed by atoms with van der Waals surface area (Å²) >= 11 is 0. The molecule has 3 aromatic rings. The van der Waals surface area contributed by atoms with Gasteiger partial charge >= 0.3 is 5.97 Å². The Hall–Kier alpha value is -2.63. The number of carbonyl (C=O) groups is 1. The first-order valence-electron chi connectivity index (χ1n) is 6.79. The van der Waals surface area contributed by atoms with E-state index in [1.54, 1.807) is 10.6 Å². The average molecular weight is 285 g/mol. The molecule has 6 heteroatoms. The van der Waals surface area contributed by atoms with Crippen molar-refractivity contribution in [1.29, 1.82) is 0 Å². The molecule has 0 unspecified atom stereocenters. The third-order valence-electron chi connectivity index (χ3n) is 3.55. The van der Waals surface area contributed by atoms with Crippen LogP contribution in [0.5, 0.6) is 0 Å². The zero-order chi connectivity index (χ0) is 15.1. The van der Waals surface area contributed by atoms with Crippen molar-refractivity contribution in [3.05, 3.63) is 46.0 Å². The molecule has 21 heavy (non-hydrogen) atoms. The van der Waals surface area contributed by atoms with E-state index in [9.17, 15) is 14.7 Å². The van der Waals surface area contributed by atoms with Crippen molar-refractivity contribution < 1.29 is 9.90 Å². The molecule has 0 aliphatic rings. The minimum Gasteiger partial charge on any atom is -0.477 e. The minimum atomic E-state index is -1.05. The molecule has 3 rings (SSSR count). The standard InChI is InChI=1S/C15H15N3O3/c1-3-7-17-11(15(20)21)8-10-13(17)16-12-6-4-5-9(2)18(12)14(10)19/h4-6,8H,3,7H2,1-2H3,(H,20,21). The third-order valence-corrected chi connectivity index (χ3v) is 3.55. The highest BCUT2D eigenvalue weighted by Crippen LogP contribution is 2.17. The maximum atomic E-state index is 12.6. The van der Waals surface area contributed by atoms with E-state index in [-0.39, 0.29) is 11.3 Å². The van der Waals surface area contributed by atoms with Crippen molar-refractivity contribution in [3.63, 3.8) is 0 Å². The fraction of sp³-hybridized carbons (Fsp3) is 0.267. The van der Waals surface area contributed by atoms with Gasteiger partial charge in [-0.05, 0) is 31.5 Å². The molecule has 0 fully saturated rings. The number of hydrogen-bond donors (Lipinski definition) is 1. The van der Waals surface area contributed by atoms with Crippen LogP contribution < -0.4 is 5.56 Å². The van der Waals surface area contributed by atoms with Crippen molar-refractivity contribution >= 4 is 22.6 Å². The van der Waals surface area contributed by atoms with E-state index in [2.05, 4.69) is 4.98 Å². The lowest BCUT2D eigenvalue weighted by Gasteiger charge is -2.07. The molecule has 0 radical (unpaired) electrons. The summed E-state index contributed by atoms with van der Waals surface area (Å²) in [6, 6.07) is 6.82. The van der Waals surface area contributed by atoms with Crippen LogP contribution in [0.3, 0.4) is 0 Å². The van der Waals surface area contributed by atoms with Gasteiger partial charge in [0.25, 0.3) is 5.56 Å². The Balaban J connectivity index is 2.51. The molecule has 0 spiro atoms. The van der Waals surface area contributed by atoms with Crippen LogP contribution >= 0.6 is 0 Å². The summed E-state index contributed by atoms with van der Waals surface area (Å²) in [6.07, 6.45) is 0.763. The van der Waals surface area contributed by atoms with Crippen LogP contribution in [0, 0.1) is 6.92 Å². The monoisotopic (exact) mass is 285 g/mol. The van der Waals surface area contributed by atoms with Crippen LogP contribution in [0.25, 0.3) is 16.7 Å². The van der Waals surface area contributed by atoms with E-state index in [0.717, 1.165) is 12.1 Å². The van der Waals surface area contributed by atoms with Crippen LogP contribution in [0.4, 0.5) is 0 Å². The largest absolute Gasteiger partial charge is 0.477 e. The van der Waals surface area contributed by atoms with Gasteiger partial charge in [0.15, 0.2) is 0 Å². The Labute approximate surface area is 120 Å². The molecule has 3 heterocycles. The Morgan fingerprint density at radius 2 is 2.14 bits per heavy atom. The maximum absolute atomic E-state index is 12.6. The highest BCUT2D eigenvalue weighted by atomic mass is 16.4. The van der Waals surface area contributed by atoms with Gasteiger partial charge < -0.3 is 9.67 Å². The van der Waals surface area contributed by atoms with E-state index < -0.39 is 5.97 Å². The van der Waals surface area contributed by atoms with Crippen LogP contribution in [-0.2, 0) is 6.54 Å². The van der Waals surface area contributed by atoms with Gasteiger partial charge in [-0.15, -0.1) is 0 Å². The van der Waals surface area contributed by atoms with Gasteiger partial charge in [0.1, 0.15) is 17.0 Å². The summed E-state index contributed by atoms with van der Waals surface area (Å²) in [6.45, 7) is 4.29. The molecular weight excluding hydrogens is 270 g/mol. The SMILES string of the molecule is CCCn1c(C(=O)O)cc2c(=O)n3c(C)cccc3nc21. The molecule has 6 nitrogen and oxygen atoms in total. The molecular formula is C15H15N3O3. The highest BCUT2D eigenvalue weighted by molar-refractivity contribution is 5.93. The second-order valence-electron chi connectivity index (χ2n) is 5.00. The molecule has 0 aliphatic heterocycles. The van der Waals surface area contributed by atoms with Crippen LogP contribution in [0.1, 0.15) is 29.5 Å². The lowest BCUT2D eigenvalue weighted by molar-refractivity contribution is 0.0685. The van der Waals surface area contributed by atoms with Crippen molar-refractivity contribution in [2.45, 2.75) is 26.8 Å². The van der Waals surface area contributed by atoms with Gasteiger partial charge in [-0.25, -0.2) is 9.78 Å². The number of carboxylic acids is 1. The first-order valence-corrected chi connectivity index (χ1v) is 6.79. The van der Waals surface area contributed by atoms with Gasteiger partial charge in [0.05, 0.1) is 5.39 Å². The molecule has 0 aliphatic carbocycles. The molecule has 1 N–H and O–H groups in total. The topological polar surface area (TPSA) is 76.6 Å². The van der Waals surface area contributed by atoms with Gasteiger partial charge in [0.2, 0.25) is 0 Å². The number of aromatic nitrogens is 3. The summed E-state index contributed by atoms with van der Waals surface area (Å²) in [5.41, 5.74) is 1.60. The Bertz CT molecular complexity index is 921. The average Bonchev–Trinajstić information content (AvgIpc) is 2.79. The summed E-state index contributed by atoms with van der Waals surface area (Å²) in [4.78, 5) is 28.5. The second-order valence-corrected chi connectivity index (χ2v) is 5.00. The van der Waals surface area contributed by atoms with Crippen LogP contribution in [0.15, 0.2) is 29.1 Å². The molecule has 0 saturated carbocycles. The number of hydrogen-bond acceptors (Lipinski definition) is 3. The molecule has 3 aromatic heterocycles. The maximum Gasteiger partial charge on any atom is 0.352 e. The number of carboxylic acid groups (broad SMARTS) is 1. The lowest BCUT2D eigenvalue weighted by atomic mass is 10.3. The molecule has 0 aromatic carbocycles. The summed E-state index contributed by atoms with van der Waals surface area (Å²) in [7, 11) is 0. The van der Waals surface area contributed by atoms with E-state index in [1.807, 2.05) is 26.0 Å². The second kappa shape index (κ2) is 4.73. The van der Waals surface area contributed by atoms with Gasteiger partial charge in [-0.1, -0.05) is 13.0 Å². The lowest BCUT2D eigenvalue weighted by Crippen LogP contribution is -2.17.